The van der Waals surface area contributed by atoms with Gasteiger partial charge in [-0.25, -0.2) is 28.8 Å². The number of aliphatic hydroxyl groups excluding tert-OH is 1. The molecular formula is C48H30O30. The second kappa shape index (κ2) is 17.8. The Hall–Kier alpha value is -11.1. The van der Waals surface area contributed by atoms with Crippen molar-refractivity contribution in [3.63, 3.8) is 0 Å². The molecule has 1 unspecified atom stereocenters. The average molecular weight is 1090 g/mol. The van der Waals surface area contributed by atoms with Gasteiger partial charge in [0, 0.05) is 28.0 Å². The van der Waals surface area contributed by atoms with Crippen LogP contribution in [-0.2, 0) is 23.7 Å². The quantitative estimate of drug-likeness (QED) is 0.0374. The molecule has 0 amide bonds. The molecule has 0 aliphatic carbocycles. The van der Waals surface area contributed by atoms with Crippen LogP contribution in [0.2, 0.25) is 0 Å². The van der Waals surface area contributed by atoms with Crippen molar-refractivity contribution >= 4 is 56.6 Å². The first-order chi connectivity index (χ1) is 36.8. The average Bonchev–Trinajstić information content (AvgIpc) is 3.48. The van der Waals surface area contributed by atoms with Crippen LogP contribution in [0.25, 0.3) is 43.8 Å². The maximum atomic E-state index is 14.6. The predicted octanol–water partition coefficient (Wildman–Crippen LogP) is 2.40. The molecule has 5 atom stereocenters. The van der Waals surface area contributed by atoms with Gasteiger partial charge in [-0.1, -0.05) is 0 Å². The number of carbonyl (C=O) groups excluding carboxylic acids is 4. The fourth-order valence-corrected chi connectivity index (χ4v) is 8.73. The van der Waals surface area contributed by atoms with Crippen LogP contribution in [-0.4, -0.2) is 143 Å². The molecule has 1 fully saturated rings. The van der Waals surface area contributed by atoms with E-state index >= 15 is 0 Å². The van der Waals surface area contributed by atoms with E-state index in [2.05, 4.69) is 0 Å². The number of hydrogen-bond acceptors (Lipinski definition) is 30. The van der Waals surface area contributed by atoms with Crippen molar-refractivity contribution < 1.29 is 138 Å². The van der Waals surface area contributed by atoms with Crippen molar-refractivity contribution in [3.8, 4) is 109 Å². The number of hydrogen-bond donors (Lipinski definition) is 16. The number of fused-ring (bicyclic) bond motifs is 4. The summed E-state index contributed by atoms with van der Waals surface area (Å²) in [6.07, 6.45) is -12.5. The lowest BCUT2D eigenvalue weighted by Crippen LogP contribution is -2.62. The van der Waals surface area contributed by atoms with Crippen molar-refractivity contribution in [1.82, 2.24) is 0 Å². The molecule has 0 spiro atoms. The summed E-state index contributed by atoms with van der Waals surface area (Å²) in [7, 11) is 0. The van der Waals surface area contributed by atoms with Crippen LogP contribution in [0.3, 0.4) is 0 Å². The van der Waals surface area contributed by atoms with Crippen LogP contribution in [0, 0.1) is 0 Å². The Labute approximate surface area is 425 Å². The summed E-state index contributed by atoms with van der Waals surface area (Å²) in [6, 6.07) is 3.61. The highest BCUT2D eigenvalue weighted by Gasteiger charge is 2.54. The molecule has 2 aliphatic heterocycles. The molecule has 0 saturated carbocycles. The van der Waals surface area contributed by atoms with E-state index in [0.29, 0.717) is 36.4 Å². The van der Waals surface area contributed by atoms with Gasteiger partial charge in [-0.2, -0.15) is 0 Å². The highest BCUT2D eigenvalue weighted by atomic mass is 16.7. The molecular weight excluding hydrogens is 1060 g/mol. The zero-order chi connectivity index (χ0) is 56.4. The molecule has 402 valence electrons. The molecule has 10 rings (SSSR count). The second-order valence-electron chi connectivity index (χ2n) is 17.0. The monoisotopic (exact) mass is 1090 g/mol. The summed E-state index contributed by atoms with van der Waals surface area (Å²) in [5, 5.41) is 169. The minimum absolute atomic E-state index is 0.327. The van der Waals surface area contributed by atoms with Crippen LogP contribution in [0.5, 0.6) is 97.7 Å². The van der Waals surface area contributed by atoms with Crippen molar-refractivity contribution in [1.29, 1.82) is 0 Å². The fourth-order valence-electron chi connectivity index (χ4n) is 8.73. The summed E-state index contributed by atoms with van der Waals surface area (Å²) in [5.74, 6) is -28.6. The van der Waals surface area contributed by atoms with Gasteiger partial charge in [0.2, 0.25) is 34.5 Å². The van der Waals surface area contributed by atoms with Gasteiger partial charge in [0.15, 0.2) is 99.0 Å². The third-order valence-corrected chi connectivity index (χ3v) is 12.4. The second-order valence-corrected chi connectivity index (χ2v) is 17.0. The van der Waals surface area contributed by atoms with Crippen LogP contribution >= 0.6 is 0 Å². The van der Waals surface area contributed by atoms with Gasteiger partial charge in [-0.05, 0) is 36.4 Å². The normalized spacial score (nSPS) is 18.3. The SMILES string of the molecule is O=C(O[C@H]1[C@@H]2OC(=O)c3cc(O)c(O)c(O)c3-c3c(cc(O)c(O)c3O)C(=O)OC[C@H]2OC(O)[C@@H]1OC(=O)c1cc(O)c(O)c(O)c1Oc1c(O)cc2c(=O)oc3c(O)c(O)cc4c(=O)oc1c2c34)c1cc(O)c(O)c(O)c1. The number of cyclic esters (lactones) is 1. The van der Waals surface area contributed by atoms with E-state index in [9.17, 15) is 110 Å². The molecule has 30 heteroatoms. The minimum Gasteiger partial charge on any atom is -0.504 e. The molecule has 4 heterocycles. The lowest BCUT2D eigenvalue weighted by molar-refractivity contribution is -0.284. The predicted molar refractivity (Wildman–Crippen MR) is 246 cm³/mol. The Morgan fingerprint density at radius 1 is 0.487 bits per heavy atom. The zero-order valence-corrected chi connectivity index (χ0v) is 38.0. The van der Waals surface area contributed by atoms with Crippen molar-refractivity contribution in [2.75, 3.05) is 6.61 Å². The van der Waals surface area contributed by atoms with Crippen LogP contribution in [0.15, 0.2) is 60.9 Å². The summed E-state index contributed by atoms with van der Waals surface area (Å²) in [5.41, 5.74) is -10.7. The number of esters is 4. The molecule has 6 aromatic carbocycles. The molecule has 30 nitrogen and oxygen atoms in total. The number of aromatic hydroxyl groups is 15. The molecule has 78 heavy (non-hydrogen) atoms. The Kier molecular flexibility index (Phi) is 11.5. The number of phenolic OH excluding ortho intramolecular Hbond substituents is 15. The molecule has 16 N–H and O–H groups in total. The zero-order valence-electron chi connectivity index (χ0n) is 38.0. The number of ether oxygens (including phenoxy) is 6. The number of rotatable bonds is 6. The minimum atomic E-state index is -2.70. The smallest absolute Gasteiger partial charge is 0.344 e. The molecule has 2 aliphatic rings. The number of phenols is 15. The largest absolute Gasteiger partial charge is 0.504 e. The lowest BCUT2D eigenvalue weighted by atomic mass is 9.92. The van der Waals surface area contributed by atoms with Gasteiger partial charge in [0.1, 0.15) is 18.3 Å². The van der Waals surface area contributed by atoms with Crippen LogP contribution in [0.4, 0.5) is 0 Å². The third-order valence-electron chi connectivity index (χ3n) is 12.4. The van der Waals surface area contributed by atoms with E-state index in [-0.39, 0.29) is 0 Å². The molecule has 8 aromatic rings. The summed E-state index contributed by atoms with van der Waals surface area (Å²) in [6.45, 7) is -1.25. The van der Waals surface area contributed by atoms with E-state index in [4.69, 9.17) is 37.3 Å². The number of carbonyl (C=O) groups is 4. The Morgan fingerprint density at radius 3 is 1.58 bits per heavy atom. The topological polar surface area (TPSA) is 508 Å². The highest BCUT2D eigenvalue weighted by Crippen LogP contribution is 2.54. The molecule has 0 bridgehead atoms. The molecule has 0 radical (unpaired) electrons. The van der Waals surface area contributed by atoms with E-state index in [0.717, 1.165) is 6.07 Å². The van der Waals surface area contributed by atoms with Crippen LogP contribution in [0.1, 0.15) is 41.4 Å². The van der Waals surface area contributed by atoms with Gasteiger partial charge in [0.05, 0.1) is 27.5 Å². The first-order valence-corrected chi connectivity index (χ1v) is 21.6. The first kappa shape index (κ1) is 50.4. The Morgan fingerprint density at radius 2 is 0.974 bits per heavy atom. The van der Waals surface area contributed by atoms with Gasteiger partial charge < -0.3 is 119 Å². The molecule has 1 saturated heterocycles. The standard InChI is InChI=1S/C48H30O30/c49-15-1-9(2-16(50)27(15)56)42(64)77-40-37-22(8-71-43(65)10-3-17(51)28(57)32(61)23(10)24-11(44(66)74-37)4-18(52)29(58)33(24)62)72-48(70)41(40)78-47(69)14-7-19(53)30(59)34(63)35(14)73-36-21(55)6-13-26-25-12(46(68)76-39(26)36)5-20(54)31(60)38(25)75-45(13)67/h1-7,22,37,40-41,48-63,70H,8H2/t22-,37-,40+,41-,48?/m1/s1. The van der Waals surface area contributed by atoms with Gasteiger partial charge in [-0.15, -0.1) is 0 Å². The van der Waals surface area contributed by atoms with E-state index < -0.39 is 236 Å². The highest BCUT2D eigenvalue weighted by molar-refractivity contribution is 6.22. The number of benzene rings is 6. The van der Waals surface area contributed by atoms with E-state index in [1.165, 1.54) is 0 Å². The van der Waals surface area contributed by atoms with E-state index in [1.54, 1.807) is 0 Å². The maximum absolute atomic E-state index is 14.6. The fraction of sp³-hybridized carbons (Fsp3) is 0.125. The lowest BCUT2D eigenvalue weighted by Gasteiger charge is -2.42. The van der Waals surface area contributed by atoms with Crippen LogP contribution < -0.4 is 16.0 Å². The summed E-state index contributed by atoms with van der Waals surface area (Å²) >= 11 is 0. The first-order valence-electron chi connectivity index (χ1n) is 21.6. The van der Waals surface area contributed by atoms with Gasteiger partial charge in [0.25, 0.3) is 0 Å². The van der Waals surface area contributed by atoms with Crippen molar-refractivity contribution in [2.45, 2.75) is 30.7 Å². The third kappa shape index (κ3) is 7.66. The Bertz CT molecular complexity index is 4070. The Balaban J connectivity index is 1.11. The number of aliphatic hydroxyl groups is 1. The van der Waals surface area contributed by atoms with Gasteiger partial charge >= 0.3 is 35.1 Å². The molecule has 2 aromatic heterocycles. The van der Waals surface area contributed by atoms with Crippen molar-refractivity contribution in [2.24, 2.45) is 0 Å². The van der Waals surface area contributed by atoms with Crippen molar-refractivity contribution in [3.05, 3.63) is 85.6 Å². The van der Waals surface area contributed by atoms with Gasteiger partial charge in [-0.3, -0.25) is 0 Å². The summed E-state index contributed by atoms with van der Waals surface area (Å²) in [4.78, 5) is 83.3. The summed E-state index contributed by atoms with van der Waals surface area (Å²) < 4.78 is 43.8. The van der Waals surface area contributed by atoms with E-state index in [1.807, 2.05) is 0 Å². The maximum Gasteiger partial charge on any atom is 0.344 e.